The highest BCUT2D eigenvalue weighted by Crippen LogP contribution is 2.31. The molecule has 88 valence electrons. The second kappa shape index (κ2) is 3.67. The first-order valence-electron chi connectivity index (χ1n) is 6.23. The van der Waals surface area contributed by atoms with Crippen molar-refractivity contribution < 1.29 is 0 Å². The summed E-state index contributed by atoms with van der Waals surface area (Å²) in [5.41, 5.74) is 5.14. The average molecular weight is 235 g/mol. The van der Waals surface area contributed by atoms with Gasteiger partial charge in [-0.2, -0.15) is 0 Å². The van der Waals surface area contributed by atoms with Gasteiger partial charge >= 0.3 is 0 Å². The number of nitrogens with zero attached hydrogens (tertiary/aromatic N) is 3. The summed E-state index contributed by atoms with van der Waals surface area (Å²) in [7, 11) is 0. The van der Waals surface area contributed by atoms with Crippen molar-refractivity contribution in [1.82, 2.24) is 4.98 Å². The number of fused-ring (bicyclic) bond motifs is 2. The third-order valence-electron chi connectivity index (χ3n) is 3.66. The second-order valence-corrected chi connectivity index (χ2v) is 4.81. The molecule has 18 heavy (non-hydrogen) atoms. The predicted molar refractivity (Wildman–Crippen MR) is 72.4 cm³/mol. The molecule has 0 fully saturated rings. The molecule has 2 aromatic rings. The van der Waals surface area contributed by atoms with Gasteiger partial charge in [-0.25, -0.2) is 4.98 Å². The van der Waals surface area contributed by atoms with Gasteiger partial charge in [0.05, 0.1) is 11.9 Å². The highest BCUT2D eigenvalue weighted by atomic mass is 15.2. The molecule has 0 spiro atoms. The summed E-state index contributed by atoms with van der Waals surface area (Å²) < 4.78 is 0. The van der Waals surface area contributed by atoms with Crippen molar-refractivity contribution in [3.05, 3.63) is 53.2 Å². The fourth-order valence-corrected chi connectivity index (χ4v) is 2.67. The van der Waals surface area contributed by atoms with Crippen molar-refractivity contribution in [2.75, 3.05) is 4.90 Å². The molecule has 0 unspecified atom stereocenters. The Morgan fingerprint density at radius 2 is 1.78 bits per heavy atom. The Labute approximate surface area is 106 Å². The third-order valence-corrected chi connectivity index (χ3v) is 3.66. The maximum Gasteiger partial charge on any atom is 0.129 e. The first kappa shape index (κ1) is 9.83. The number of hydrogen-bond donors (Lipinski definition) is 0. The van der Waals surface area contributed by atoms with E-state index >= 15 is 0 Å². The van der Waals surface area contributed by atoms with Gasteiger partial charge in [0.15, 0.2) is 0 Å². The summed E-state index contributed by atoms with van der Waals surface area (Å²) in [4.78, 5) is 11.2. The highest BCUT2D eigenvalue weighted by molar-refractivity contribution is 5.76. The lowest BCUT2D eigenvalue weighted by Crippen LogP contribution is -2.15. The molecule has 1 aromatic heterocycles. The minimum Gasteiger partial charge on any atom is -0.348 e. The molecule has 1 aromatic carbocycles. The highest BCUT2D eigenvalue weighted by Gasteiger charge is 2.20. The number of aliphatic imine (C=N–C) groups is 1. The largest absolute Gasteiger partial charge is 0.348 e. The number of aromatic nitrogens is 1. The van der Waals surface area contributed by atoms with Crippen LogP contribution in [0.2, 0.25) is 0 Å². The molecule has 2 aliphatic heterocycles. The fraction of sp³-hybridized carbons (Fsp3) is 0.200. The lowest BCUT2D eigenvalue weighted by Gasteiger charge is -2.17. The predicted octanol–water partition coefficient (Wildman–Crippen LogP) is 2.86. The van der Waals surface area contributed by atoms with Crippen LogP contribution in [0.25, 0.3) is 0 Å². The van der Waals surface area contributed by atoms with E-state index in [9.17, 15) is 0 Å². The summed E-state index contributed by atoms with van der Waals surface area (Å²) >= 11 is 0. The Kier molecular flexibility index (Phi) is 2.00. The van der Waals surface area contributed by atoms with E-state index < -0.39 is 0 Å². The van der Waals surface area contributed by atoms with Gasteiger partial charge in [0, 0.05) is 25.7 Å². The zero-order valence-electron chi connectivity index (χ0n) is 10.0. The molecule has 3 nitrogen and oxygen atoms in total. The Morgan fingerprint density at radius 3 is 2.56 bits per heavy atom. The van der Waals surface area contributed by atoms with Crippen LogP contribution >= 0.6 is 0 Å². The van der Waals surface area contributed by atoms with Crippen LogP contribution in [0.4, 0.5) is 11.5 Å². The van der Waals surface area contributed by atoms with E-state index in [2.05, 4.69) is 45.2 Å². The Bertz CT molecular complexity index is 621. The van der Waals surface area contributed by atoms with Crippen LogP contribution in [-0.4, -0.2) is 11.2 Å². The lowest BCUT2D eigenvalue weighted by atomic mass is 10.1. The molecule has 0 saturated heterocycles. The van der Waals surface area contributed by atoms with E-state index in [1.165, 1.54) is 16.7 Å². The molecular weight excluding hydrogens is 222 g/mol. The van der Waals surface area contributed by atoms with Gasteiger partial charge in [-0.05, 0) is 22.8 Å². The van der Waals surface area contributed by atoms with Crippen molar-refractivity contribution >= 4 is 17.7 Å². The van der Waals surface area contributed by atoms with Crippen LogP contribution in [0.5, 0.6) is 0 Å². The number of pyridine rings is 1. The Hall–Kier alpha value is -2.16. The second-order valence-electron chi connectivity index (χ2n) is 4.81. The van der Waals surface area contributed by atoms with E-state index in [0.29, 0.717) is 0 Å². The summed E-state index contributed by atoms with van der Waals surface area (Å²) in [5.74, 6) is 1.07. The minimum atomic E-state index is 0.936. The maximum absolute atomic E-state index is 4.53. The Morgan fingerprint density at radius 1 is 1.00 bits per heavy atom. The molecule has 0 aliphatic carbocycles. The molecule has 0 amide bonds. The zero-order chi connectivity index (χ0) is 11.9. The van der Waals surface area contributed by atoms with Gasteiger partial charge in [0.2, 0.25) is 0 Å². The van der Waals surface area contributed by atoms with Gasteiger partial charge in [0.25, 0.3) is 0 Å². The smallest absolute Gasteiger partial charge is 0.129 e. The van der Waals surface area contributed by atoms with Gasteiger partial charge < -0.3 is 4.90 Å². The monoisotopic (exact) mass is 235 g/mol. The molecule has 0 bridgehead atoms. The zero-order valence-corrected chi connectivity index (χ0v) is 10.0. The number of rotatable bonds is 1. The van der Waals surface area contributed by atoms with Crippen molar-refractivity contribution in [3.63, 3.8) is 0 Å². The van der Waals surface area contributed by atoms with Gasteiger partial charge in [-0.3, -0.25) is 4.99 Å². The third kappa shape index (κ3) is 1.44. The molecule has 0 radical (unpaired) electrons. The van der Waals surface area contributed by atoms with Gasteiger partial charge in [0.1, 0.15) is 5.82 Å². The number of benzene rings is 1. The van der Waals surface area contributed by atoms with E-state index in [0.717, 1.165) is 31.0 Å². The summed E-state index contributed by atoms with van der Waals surface area (Å²) in [6, 6.07) is 10.8. The van der Waals surface area contributed by atoms with Gasteiger partial charge in [-0.15, -0.1) is 0 Å². The fourth-order valence-electron chi connectivity index (χ4n) is 2.67. The first-order chi connectivity index (χ1) is 8.90. The van der Waals surface area contributed by atoms with Crippen LogP contribution in [0.15, 0.2) is 41.5 Å². The molecule has 0 N–H and O–H groups in total. The van der Waals surface area contributed by atoms with E-state index in [1.807, 2.05) is 12.4 Å². The van der Waals surface area contributed by atoms with Crippen LogP contribution in [0.1, 0.15) is 16.7 Å². The molecule has 4 rings (SSSR count). The number of anilines is 1. The van der Waals surface area contributed by atoms with Crippen molar-refractivity contribution in [3.8, 4) is 0 Å². The average Bonchev–Trinajstić information content (AvgIpc) is 3.04. The van der Waals surface area contributed by atoms with Crippen molar-refractivity contribution in [1.29, 1.82) is 0 Å². The number of hydrogen-bond acceptors (Lipinski definition) is 3. The Balaban J connectivity index is 1.67. The topological polar surface area (TPSA) is 28.5 Å². The van der Waals surface area contributed by atoms with Crippen LogP contribution in [-0.2, 0) is 19.5 Å². The lowest BCUT2D eigenvalue weighted by molar-refractivity contribution is 0.855. The molecule has 0 atom stereocenters. The van der Waals surface area contributed by atoms with Crippen LogP contribution < -0.4 is 4.90 Å². The quantitative estimate of drug-likeness (QED) is 0.760. The summed E-state index contributed by atoms with van der Waals surface area (Å²) in [6.07, 6.45) is 4.78. The molecule has 2 aliphatic rings. The van der Waals surface area contributed by atoms with Crippen LogP contribution in [0, 0.1) is 0 Å². The van der Waals surface area contributed by atoms with Gasteiger partial charge in [-0.1, -0.05) is 24.3 Å². The summed E-state index contributed by atoms with van der Waals surface area (Å²) in [6.45, 7) is 1.92. The van der Waals surface area contributed by atoms with E-state index in [-0.39, 0.29) is 0 Å². The standard InChI is InChI=1S/C15H13N3/c1-2-4-13-10-18(9-12(13)3-1)15-7-11-5-6-16-14(11)8-17-15/h1-4,6-8H,5,9-10H2. The normalized spacial score (nSPS) is 15.9. The maximum atomic E-state index is 4.53. The van der Waals surface area contributed by atoms with Crippen molar-refractivity contribution in [2.45, 2.75) is 19.5 Å². The van der Waals surface area contributed by atoms with Crippen LogP contribution in [0.3, 0.4) is 0 Å². The van der Waals surface area contributed by atoms with Crippen molar-refractivity contribution in [2.24, 2.45) is 4.99 Å². The SMILES string of the molecule is C1=Nc2cnc(N3Cc4ccccc4C3)cc2C1. The van der Waals surface area contributed by atoms with E-state index in [1.54, 1.807) is 0 Å². The van der Waals surface area contributed by atoms with E-state index in [4.69, 9.17) is 0 Å². The molecule has 3 heterocycles. The minimum absolute atomic E-state index is 0.936. The molecule has 3 heteroatoms. The molecule has 0 saturated carbocycles. The summed E-state index contributed by atoms with van der Waals surface area (Å²) in [5, 5.41) is 0. The first-order valence-corrected chi connectivity index (χ1v) is 6.23. The molecular formula is C15H13N3.